The van der Waals surface area contributed by atoms with Gasteiger partial charge in [-0.25, -0.2) is 4.39 Å². The molecule has 1 aromatic carbocycles. The molecular formula is C11H12Cl2FNO. The van der Waals surface area contributed by atoms with Crippen LogP contribution in [0, 0.1) is 5.82 Å². The Morgan fingerprint density at radius 2 is 2.25 bits per heavy atom. The summed E-state index contributed by atoms with van der Waals surface area (Å²) in [6.07, 6.45) is 0.551. The van der Waals surface area contributed by atoms with E-state index in [1.165, 1.54) is 11.6 Å². The van der Waals surface area contributed by atoms with E-state index in [9.17, 15) is 4.39 Å². The minimum absolute atomic E-state index is 0.0452. The fourth-order valence-corrected chi connectivity index (χ4v) is 1.36. The molecule has 2 N–H and O–H groups in total. The lowest BCUT2D eigenvalue weighted by molar-refractivity contribution is 0.334. The minimum atomic E-state index is -0.426. The van der Waals surface area contributed by atoms with Crippen molar-refractivity contribution in [3.63, 3.8) is 0 Å². The van der Waals surface area contributed by atoms with Crippen LogP contribution < -0.4 is 10.5 Å². The van der Waals surface area contributed by atoms with Gasteiger partial charge in [0.2, 0.25) is 0 Å². The summed E-state index contributed by atoms with van der Waals surface area (Å²) in [7, 11) is 0. The molecule has 0 bridgehead atoms. The van der Waals surface area contributed by atoms with E-state index in [2.05, 4.69) is 0 Å². The van der Waals surface area contributed by atoms with Gasteiger partial charge in [-0.3, -0.25) is 0 Å². The summed E-state index contributed by atoms with van der Waals surface area (Å²) in [5.41, 5.74) is 7.33. The van der Waals surface area contributed by atoms with E-state index >= 15 is 0 Å². The van der Waals surface area contributed by atoms with E-state index < -0.39 is 5.82 Å². The highest BCUT2D eigenvalue weighted by molar-refractivity contribution is 6.36. The van der Waals surface area contributed by atoms with Crippen molar-refractivity contribution >= 4 is 23.2 Å². The van der Waals surface area contributed by atoms with Crippen molar-refractivity contribution < 1.29 is 9.13 Å². The fraction of sp³-hybridized carbons (Fsp3) is 0.273. The molecule has 88 valence electrons. The second kappa shape index (κ2) is 6.74. The van der Waals surface area contributed by atoms with Crippen LogP contribution in [0.1, 0.15) is 5.56 Å². The zero-order valence-electron chi connectivity index (χ0n) is 8.55. The predicted octanol–water partition coefficient (Wildman–Crippen LogP) is 3.02. The Bertz CT molecular complexity index is 382. The number of hydrogen-bond acceptors (Lipinski definition) is 2. The number of para-hydroxylation sites is 1. The molecule has 0 saturated carbocycles. The molecule has 0 amide bonds. The molecule has 0 aliphatic carbocycles. The molecule has 2 nitrogen and oxygen atoms in total. The first-order valence-corrected chi connectivity index (χ1v) is 5.55. The number of hydrogen-bond donors (Lipinski definition) is 1. The topological polar surface area (TPSA) is 35.2 Å². The van der Waals surface area contributed by atoms with Crippen molar-refractivity contribution in [1.82, 2.24) is 0 Å². The third-order valence-corrected chi connectivity index (χ3v) is 2.53. The van der Waals surface area contributed by atoms with Crippen LogP contribution in [0.4, 0.5) is 4.39 Å². The third kappa shape index (κ3) is 3.67. The first-order valence-electron chi connectivity index (χ1n) is 4.74. The quantitative estimate of drug-likeness (QED) is 0.887. The Morgan fingerprint density at radius 1 is 1.50 bits per heavy atom. The Labute approximate surface area is 104 Å². The lowest BCUT2D eigenvalue weighted by atomic mass is 10.1. The molecule has 0 atom stereocenters. The van der Waals surface area contributed by atoms with Gasteiger partial charge in [-0.1, -0.05) is 35.3 Å². The molecular weight excluding hydrogens is 252 g/mol. The van der Waals surface area contributed by atoms with Gasteiger partial charge in [-0.05, 0) is 24.6 Å². The highest BCUT2D eigenvalue weighted by Gasteiger charge is 2.09. The van der Waals surface area contributed by atoms with Crippen molar-refractivity contribution in [2.24, 2.45) is 5.73 Å². The molecule has 0 aliphatic rings. The van der Waals surface area contributed by atoms with Crippen molar-refractivity contribution in [2.45, 2.75) is 6.42 Å². The first-order chi connectivity index (χ1) is 7.69. The summed E-state index contributed by atoms with van der Waals surface area (Å²) < 4.78 is 18.7. The van der Waals surface area contributed by atoms with E-state index in [0.717, 1.165) is 5.56 Å². The molecule has 0 saturated heterocycles. The summed E-state index contributed by atoms with van der Waals surface area (Å²) >= 11 is 11.0. The van der Waals surface area contributed by atoms with E-state index in [-0.39, 0.29) is 12.4 Å². The van der Waals surface area contributed by atoms with Gasteiger partial charge in [0, 0.05) is 5.54 Å². The zero-order valence-corrected chi connectivity index (χ0v) is 10.1. The molecule has 0 spiro atoms. The second-order valence-electron chi connectivity index (χ2n) is 3.11. The first kappa shape index (κ1) is 13.3. The maximum atomic E-state index is 13.5. The monoisotopic (exact) mass is 263 g/mol. The average Bonchev–Trinajstić information content (AvgIpc) is 2.28. The molecule has 0 unspecified atom stereocenters. The highest BCUT2D eigenvalue weighted by atomic mass is 35.5. The van der Waals surface area contributed by atoms with Crippen molar-refractivity contribution in [3.05, 3.63) is 40.1 Å². The van der Waals surface area contributed by atoms with Gasteiger partial charge in [0.25, 0.3) is 0 Å². The third-order valence-electron chi connectivity index (χ3n) is 1.93. The normalized spacial score (nSPS) is 11.6. The van der Waals surface area contributed by atoms with Crippen LogP contribution in [0.25, 0.3) is 0 Å². The Hall–Kier alpha value is -0.770. The van der Waals surface area contributed by atoms with Crippen LogP contribution in [0.5, 0.6) is 5.75 Å². The molecule has 5 heteroatoms. The molecule has 1 rings (SSSR count). The summed E-state index contributed by atoms with van der Waals surface area (Å²) in [6, 6.07) is 4.71. The summed E-state index contributed by atoms with van der Waals surface area (Å²) in [6.45, 7) is 0.475. The lowest BCUT2D eigenvalue weighted by Gasteiger charge is -2.11. The fourth-order valence-electron chi connectivity index (χ4n) is 1.24. The smallest absolute Gasteiger partial charge is 0.165 e. The van der Waals surface area contributed by atoms with E-state index in [1.807, 2.05) is 0 Å². The lowest BCUT2D eigenvalue weighted by Crippen LogP contribution is -2.07. The van der Waals surface area contributed by atoms with Gasteiger partial charge >= 0.3 is 0 Å². The average molecular weight is 264 g/mol. The minimum Gasteiger partial charge on any atom is -0.485 e. The van der Waals surface area contributed by atoms with Gasteiger partial charge in [0.15, 0.2) is 11.6 Å². The van der Waals surface area contributed by atoms with Gasteiger partial charge in [0.1, 0.15) is 6.61 Å². The standard InChI is InChI=1S/C11H12Cl2FNO/c12-6-9(13)7-16-11-8(4-5-15)2-1-3-10(11)14/h1-3,6H,4-5,7,15H2/b9-6-. The molecule has 0 aliphatic heterocycles. The van der Waals surface area contributed by atoms with E-state index in [4.69, 9.17) is 33.7 Å². The predicted molar refractivity (Wildman–Crippen MR) is 64.4 cm³/mol. The summed E-state index contributed by atoms with van der Waals surface area (Å²) in [5, 5.41) is 0.309. The zero-order chi connectivity index (χ0) is 12.0. The summed E-state index contributed by atoms with van der Waals surface area (Å²) in [4.78, 5) is 0. The molecule has 0 fully saturated rings. The van der Waals surface area contributed by atoms with E-state index in [0.29, 0.717) is 18.0 Å². The molecule has 0 heterocycles. The highest BCUT2D eigenvalue weighted by Crippen LogP contribution is 2.23. The van der Waals surface area contributed by atoms with E-state index in [1.54, 1.807) is 12.1 Å². The number of ether oxygens (including phenoxy) is 1. The largest absolute Gasteiger partial charge is 0.485 e. The van der Waals surface area contributed by atoms with Crippen LogP contribution in [0.2, 0.25) is 0 Å². The molecule has 0 radical (unpaired) electrons. The van der Waals surface area contributed by atoms with Crippen molar-refractivity contribution in [3.8, 4) is 5.75 Å². The Kier molecular flexibility index (Phi) is 5.60. The van der Waals surface area contributed by atoms with Crippen LogP contribution in [0.15, 0.2) is 28.8 Å². The second-order valence-corrected chi connectivity index (χ2v) is 3.82. The molecule has 1 aromatic rings. The number of nitrogens with two attached hydrogens (primary N) is 1. The van der Waals surface area contributed by atoms with Crippen LogP contribution in [0.3, 0.4) is 0 Å². The Balaban J connectivity index is 2.83. The van der Waals surface area contributed by atoms with Gasteiger partial charge in [-0.15, -0.1) is 0 Å². The van der Waals surface area contributed by atoms with Gasteiger partial charge < -0.3 is 10.5 Å². The molecule has 0 aromatic heterocycles. The van der Waals surface area contributed by atoms with Crippen LogP contribution >= 0.6 is 23.2 Å². The molecule has 16 heavy (non-hydrogen) atoms. The maximum absolute atomic E-state index is 13.5. The SMILES string of the molecule is NCCc1cccc(F)c1OC/C(Cl)=C/Cl. The Morgan fingerprint density at radius 3 is 2.88 bits per heavy atom. The van der Waals surface area contributed by atoms with Gasteiger partial charge in [0.05, 0.1) is 5.03 Å². The van der Waals surface area contributed by atoms with Crippen molar-refractivity contribution in [1.29, 1.82) is 0 Å². The van der Waals surface area contributed by atoms with Gasteiger partial charge in [-0.2, -0.15) is 0 Å². The number of halogens is 3. The van der Waals surface area contributed by atoms with Crippen molar-refractivity contribution in [2.75, 3.05) is 13.2 Å². The number of benzene rings is 1. The maximum Gasteiger partial charge on any atom is 0.165 e. The summed E-state index contributed by atoms with van der Waals surface area (Å²) in [5.74, 6) is -0.241. The number of rotatable bonds is 5. The van der Waals surface area contributed by atoms with Crippen LogP contribution in [-0.4, -0.2) is 13.2 Å². The van der Waals surface area contributed by atoms with Crippen LogP contribution in [-0.2, 0) is 6.42 Å².